The summed E-state index contributed by atoms with van der Waals surface area (Å²) in [5, 5.41) is 3.32. The molecule has 0 spiro atoms. The largest absolute Gasteiger partial charge is 0.465 e. The first-order valence-electron chi connectivity index (χ1n) is 6.42. The summed E-state index contributed by atoms with van der Waals surface area (Å²) < 4.78 is 5.21. The van der Waals surface area contributed by atoms with Gasteiger partial charge in [0.1, 0.15) is 0 Å². The number of nitrogens with one attached hydrogen (secondary N) is 1. The maximum Gasteiger partial charge on any atom is 0.339 e. The number of carbonyl (C=O) groups excluding carboxylic acids is 2. The van der Waals surface area contributed by atoms with Gasteiger partial charge in [-0.25, -0.2) is 4.79 Å². The number of ether oxygens (including phenoxy) is 1. The fourth-order valence-corrected chi connectivity index (χ4v) is 2.63. The summed E-state index contributed by atoms with van der Waals surface area (Å²) in [6, 6.07) is 12.1. The Labute approximate surface area is 141 Å². The molecule has 0 bridgehead atoms. The van der Waals surface area contributed by atoms with Crippen LogP contribution < -0.4 is 5.32 Å². The Balaban J connectivity index is 2.08. The van der Waals surface area contributed by atoms with Gasteiger partial charge >= 0.3 is 5.97 Å². The Morgan fingerprint density at radius 3 is 2.59 bits per heavy atom. The molecule has 0 heterocycles. The van der Waals surface area contributed by atoms with Crippen molar-refractivity contribution in [3.8, 4) is 0 Å². The van der Waals surface area contributed by atoms with Crippen LogP contribution in [0.1, 0.15) is 15.9 Å². The lowest BCUT2D eigenvalue weighted by Gasteiger charge is -2.09. The second-order valence-corrected chi connectivity index (χ2v) is 5.76. The minimum atomic E-state index is -0.444. The predicted molar refractivity (Wildman–Crippen MR) is 89.3 cm³/mol. The highest BCUT2D eigenvalue weighted by molar-refractivity contribution is 9.10. The van der Waals surface area contributed by atoms with Crippen LogP contribution in [0.25, 0.3) is 0 Å². The van der Waals surface area contributed by atoms with Crippen LogP contribution in [0.3, 0.4) is 0 Å². The third-order valence-corrected chi connectivity index (χ3v) is 3.99. The Morgan fingerprint density at radius 2 is 1.95 bits per heavy atom. The van der Waals surface area contributed by atoms with Gasteiger partial charge in [-0.2, -0.15) is 0 Å². The first kappa shape index (κ1) is 16.5. The lowest BCUT2D eigenvalue weighted by Crippen LogP contribution is -2.15. The van der Waals surface area contributed by atoms with Gasteiger partial charge in [0.25, 0.3) is 0 Å². The number of halogens is 2. The molecular weight excluding hydrogens is 370 g/mol. The van der Waals surface area contributed by atoms with Crippen molar-refractivity contribution in [3.05, 3.63) is 63.1 Å². The normalized spacial score (nSPS) is 10.1. The van der Waals surface area contributed by atoms with Crippen LogP contribution in [-0.4, -0.2) is 19.0 Å². The summed E-state index contributed by atoms with van der Waals surface area (Å²) in [4.78, 5) is 23.5. The van der Waals surface area contributed by atoms with Gasteiger partial charge in [0, 0.05) is 15.2 Å². The molecule has 6 heteroatoms. The number of rotatable bonds is 4. The zero-order valence-corrected chi connectivity index (χ0v) is 14.1. The number of carbonyl (C=O) groups is 2. The minimum absolute atomic E-state index is 0.177. The smallest absolute Gasteiger partial charge is 0.339 e. The number of anilines is 1. The van der Waals surface area contributed by atoms with E-state index in [2.05, 4.69) is 26.0 Å². The maximum atomic E-state index is 12.0. The summed E-state index contributed by atoms with van der Waals surface area (Å²) in [5.74, 6) is -0.633. The van der Waals surface area contributed by atoms with E-state index in [0.29, 0.717) is 20.7 Å². The third kappa shape index (κ3) is 4.08. The molecular formula is C16H13BrClNO3. The molecule has 0 radical (unpaired) electrons. The zero-order valence-electron chi connectivity index (χ0n) is 11.7. The molecule has 0 aliphatic carbocycles. The van der Waals surface area contributed by atoms with E-state index in [1.807, 2.05) is 12.1 Å². The van der Waals surface area contributed by atoms with Gasteiger partial charge in [0.2, 0.25) is 5.91 Å². The van der Waals surface area contributed by atoms with Gasteiger partial charge in [-0.05, 0) is 45.8 Å². The summed E-state index contributed by atoms with van der Waals surface area (Å²) in [6.07, 6.45) is 0.177. The van der Waals surface area contributed by atoms with Crippen molar-refractivity contribution in [1.29, 1.82) is 0 Å². The summed E-state index contributed by atoms with van der Waals surface area (Å²) >= 11 is 9.31. The molecule has 2 aromatic carbocycles. The molecule has 0 saturated heterocycles. The van der Waals surface area contributed by atoms with Gasteiger partial charge < -0.3 is 10.1 Å². The van der Waals surface area contributed by atoms with Gasteiger partial charge in [-0.15, -0.1) is 0 Å². The number of amides is 1. The SMILES string of the molecule is COC(=O)c1ccc(NC(=O)Cc2ccccc2Cl)cc1Br. The number of methoxy groups -OCH3 is 1. The van der Waals surface area contributed by atoms with E-state index in [1.165, 1.54) is 7.11 Å². The highest BCUT2D eigenvalue weighted by Crippen LogP contribution is 2.23. The van der Waals surface area contributed by atoms with Crippen LogP contribution in [0.2, 0.25) is 5.02 Å². The second-order valence-electron chi connectivity index (χ2n) is 4.50. The van der Waals surface area contributed by atoms with Gasteiger partial charge in [0.15, 0.2) is 0 Å². The molecule has 0 unspecified atom stereocenters. The molecule has 22 heavy (non-hydrogen) atoms. The number of hydrogen-bond acceptors (Lipinski definition) is 3. The second kappa shape index (κ2) is 7.42. The zero-order chi connectivity index (χ0) is 16.1. The fraction of sp³-hybridized carbons (Fsp3) is 0.125. The fourth-order valence-electron chi connectivity index (χ4n) is 1.89. The first-order valence-corrected chi connectivity index (χ1v) is 7.59. The summed E-state index contributed by atoms with van der Waals surface area (Å²) in [7, 11) is 1.31. The molecule has 2 aromatic rings. The Morgan fingerprint density at radius 1 is 1.23 bits per heavy atom. The predicted octanol–water partition coefficient (Wildman–Crippen LogP) is 4.07. The van der Waals surface area contributed by atoms with E-state index < -0.39 is 5.97 Å². The van der Waals surface area contributed by atoms with Gasteiger partial charge in [0.05, 0.1) is 19.1 Å². The maximum absolute atomic E-state index is 12.0. The summed E-state index contributed by atoms with van der Waals surface area (Å²) in [5.41, 5.74) is 1.73. The van der Waals surface area contributed by atoms with E-state index in [9.17, 15) is 9.59 Å². The Kier molecular flexibility index (Phi) is 5.57. The third-order valence-electron chi connectivity index (χ3n) is 2.97. The van der Waals surface area contributed by atoms with Crippen molar-refractivity contribution in [1.82, 2.24) is 0 Å². The molecule has 2 rings (SSSR count). The van der Waals surface area contributed by atoms with Gasteiger partial charge in [-0.3, -0.25) is 4.79 Å². The standard InChI is InChI=1S/C16H13BrClNO3/c1-22-16(21)12-7-6-11(9-13(12)17)19-15(20)8-10-4-2-3-5-14(10)18/h2-7,9H,8H2,1H3,(H,19,20). The molecule has 0 fully saturated rings. The molecule has 0 aliphatic heterocycles. The average molecular weight is 383 g/mol. The monoisotopic (exact) mass is 381 g/mol. The van der Waals surface area contributed by atoms with Crippen molar-refractivity contribution in [2.75, 3.05) is 12.4 Å². The minimum Gasteiger partial charge on any atom is -0.465 e. The quantitative estimate of drug-likeness (QED) is 0.811. The van der Waals surface area contributed by atoms with E-state index in [4.69, 9.17) is 11.6 Å². The lowest BCUT2D eigenvalue weighted by atomic mass is 10.1. The highest BCUT2D eigenvalue weighted by Gasteiger charge is 2.12. The van der Waals surface area contributed by atoms with Crippen molar-refractivity contribution in [3.63, 3.8) is 0 Å². The van der Waals surface area contributed by atoms with Crippen LogP contribution in [0.5, 0.6) is 0 Å². The highest BCUT2D eigenvalue weighted by atomic mass is 79.9. The van der Waals surface area contributed by atoms with Crippen molar-refractivity contribution < 1.29 is 14.3 Å². The molecule has 0 aromatic heterocycles. The van der Waals surface area contributed by atoms with E-state index in [-0.39, 0.29) is 12.3 Å². The lowest BCUT2D eigenvalue weighted by molar-refractivity contribution is -0.115. The topological polar surface area (TPSA) is 55.4 Å². The Bertz CT molecular complexity index is 718. The van der Waals surface area contributed by atoms with E-state index in [1.54, 1.807) is 30.3 Å². The molecule has 0 atom stereocenters. The van der Waals surface area contributed by atoms with E-state index in [0.717, 1.165) is 5.56 Å². The van der Waals surface area contributed by atoms with Crippen LogP contribution in [0.4, 0.5) is 5.69 Å². The molecule has 0 aliphatic rings. The van der Waals surface area contributed by atoms with E-state index >= 15 is 0 Å². The first-order chi connectivity index (χ1) is 10.5. The number of benzene rings is 2. The molecule has 1 amide bonds. The average Bonchev–Trinajstić information content (AvgIpc) is 2.49. The van der Waals surface area contributed by atoms with Crippen LogP contribution in [0, 0.1) is 0 Å². The van der Waals surface area contributed by atoms with Gasteiger partial charge in [-0.1, -0.05) is 29.8 Å². The van der Waals surface area contributed by atoms with Crippen LogP contribution >= 0.6 is 27.5 Å². The molecule has 1 N–H and O–H groups in total. The molecule has 114 valence electrons. The molecule has 0 saturated carbocycles. The van der Waals surface area contributed by atoms with Crippen LogP contribution in [0.15, 0.2) is 46.9 Å². The van der Waals surface area contributed by atoms with Crippen molar-refractivity contribution in [2.45, 2.75) is 6.42 Å². The summed E-state index contributed by atoms with van der Waals surface area (Å²) in [6.45, 7) is 0. The van der Waals surface area contributed by atoms with Crippen LogP contribution in [-0.2, 0) is 16.0 Å². The number of esters is 1. The Hall–Kier alpha value is -1.85. The number of hydrogen-bond donors (Lipinski definition) is 1. The van der Waals surface area contributed by atoms with Crippen molar-refractivity contribution in [2.24, 2.45) is 0 Å². The molecule has 4 nitrogen and oxygen atoms in total. The van der Waals surface area contributed by atoms with Crippen molar-refractivity contribution >= 4 is 45.1 Å².